The van der Waals surface area contributed by atoms with Crippen molar-refractivity contribution < 1.29 is 9.59 Å². The van der Waals surface area contributed by atoms with Crippen molar-refractivity contribution in [1.29, 1.82) is 0 Å². The number of amides is 2. The van der Waals surface area contributed by atoms with Gasteiger partial charge < -0.3 is 15.5 Å². The van der Waals surface area contributed by atoms with Gasteiger partial charge in [-0.1, -0.05) is 61.9 Å². The summed E-state index contributed by atoms with van der Waals surface area (Å²) in [6, 6.07) is 20.3. The third kappa shape index (κ3) is 5.62. The van der Waals surface area contributed by atoms with E-state index in [0.717, 1.165) is 23.5 Å². The first-order valence-electron chi connectivity index (χ1n) is 13.2. The largest absolute Gasteiger partial charge is 0.359 e. The van der Waals surface area contributed by atoms with Gasteiger partial charge in [-0.3, -0.25) is 14.5 Å². The molecule has 0 spiro atoms. The quantitative estimate of drug-likeness (QED) is 0.494. The molecule has 36 heavy (non-hydrogen) atoms. The van der Waals surface area contributed by atoms with E-state index < -0.39 is 0 Å². The highest BCUT2D eigenvalue weighted by molar-refractivity contribution is 8.00. The van der Waals surface area contributed by atoms with Gasteiger partial charge >= 0.3 is 0 Å². The van der Waals surface area contributed by atoms with Gasteiger partial charge in [0.25, 0.3) is 5.91 Å². The summed E-state index contributed by atoms with van der Waals surface area (Å²) in [5.41, 5.74) is 3.85. The van der Waals surface area contributed by atoms with E-state index in [1.54, 1.807) is 0 Å². The van der Waals surface area contributed by atoms with E-state index in [2.05, 4.69) is 41.8 Å². The molecule has 190 valence electrons. The van der Waals surface area contributed by atoms with Crippen molar-refractivity contribution in [2.75, 3.05) is 31.1 Å². The standard InChI is InChI=1S/C29H36N4O2S/c1-21(22-9-4-2-5-10-22)19-30-17-15-27(34)32-18-16-26-25(20-32)28(35)33(23-11-6-3-7-12-23)29(31-26)36-24-13-8-14-24/h2-7,9-12,21,24,29-31H,8,13-20H2,1H3/t21-,29?/m1/s1. The Bertz CT molecular complexity index is 1090. The molecular weight excluding hydrogens is 468 g/mol. The minimum atomic E-state index is -0.0954. The lowest BCUT2D eigenvalue weighted by Gasteiger charge is -2.44. The molecule has 2 N–H and O–H groups in total. The molecule has 2 amide bonds. The van der Waals surface area contributed by atoms with Crippen molar-refractivity contribution in [3.8, 4) is 0 Å². The average molecular weight is 505 g/mol. The first-order chi connectivity index (χ1) is 17.6. The van der Waals surface area contributed by atoms with Crippen LogP contribution < -0.4 is 15.5 Å². The molecule has 1 aliphatic carbocycles. The minimum Gasteiger partial charge on any atom is -0.359 e. The summed E-state index contributed by atoms with van der Waals surface area (Å²) >= 11 is 1.86. The molecule has 2 aromatic rings. The maximum Gasteiger partial charge on any atom is 0.260 e. The van der Waals surface area contributed by atoms with Crippen molar-refractivity contribution in [1.82, 2.24) is 15.5 Å². The Morgan fingerprint density at radius 1 is 1.11 bits per heavy atom. The van der Waals surface area contributed by atoms with Crippen LogP contribution in [0.5, 0.6) is 0 Å². The van der Waals surface area contributed by atoms with E-state index in [1.807, 2.05) is 58.0 Å². The number of hydrogen-bond donors (Lipinski definition) is 2. The van der Waals surface area contributed by atoms with Gasteiger partial charge in [-0.25, -0.2) is 0 Å². The summed E-state index contributed by atoms with van der Waals surface area (Å²) in [6.45, 7) is 4.70. The van der Waals surface area contributed by atoms with Crippen LogP contribution in [0, 0.1) is 0 Å². The van der Waals surface area contributed by atoms with Gasteiger partial charge in [-0.15, -0.1) is 11.8 Å². The van der Waals surface area contributed by atoms with Gasteiger partial charge in [0, 0.05) is 49.1 Å². The predicted molar refractivity (Wildman–Crippen MR) is 147 cm³/mol. The van der Waals surface area contributed by atoms with Crippen LogP contribution in [0.4, 0.5) is 5.69 Å². The van der Waals surface area contributed by atoms with E-state index in [-0.39, 0.29) is 17.3 Å². The molecule has 1 unspecified atom stereocenters. The van der Waals surface area contributed by atoms with Gasteiger partial charge in [0.2, 0.25) is 5.91 Å². The maximum absolute atomic E-state index is 13.8. The maximum atomic E-state index is 13.8. The van der Waals surface area contributed by atoms with Gasteiger partial charge in [0.1, 0.15) is 0 Å². The van der Waals surface area contributed by atoms with Gasteiger partial charge in [0.15, 0.2) is 5.50 Å². The third-order valence-corrected chi connectivity index (χ3v) is 8.89. The number of nitrogens with zero attached hydrogens (tertiary/aromatic N) is 2. The Kier molecular flexibility index (Phi) is 7.97. The molecule has 1 fully saturated rings. The number of carbonyl (C=O) groups excluding carboxylic acids is 2. The highest BCUT2D eigenvalue weighted by Gasteiger charge is 2.40. The average Bonchev–Trinajstić information content (AvgIpc) is 2.89. The van der Waals surface area contributed by atoms with E-state index >= 15 is 0 Å². The molecule has 0 saturated heterocycles. The normalized spacial score (nSPS) is 21.0. The van der Waals surface area contributed by atoms with Crippen LogP contribution in [0.15, 0.2) is 71.9 Å². The zero-order chi connectivity index (χ0) is 24.9. The molecular formula is C29H36N4O2S. The summed E-state index contributed by atoms with van der Waals surface area (Å²) in [7, 11) is 0. The van der Waals surface area contributed by atoms with Crippen LogP contribution in [0.25, 0.3) is 0 Å². The van der Waals surface area contributed by atoms with Gasteiger partial charge in [-0.05, 0) is 36.5 Å². The molecule has 0 aromatic heterocycles. The molecule has 0 bridgehead atoms. The first-order valence-corrected chi connectivity index (χ1v) is 14.1. The number of carbonyl (C=O) groups is 2. The lowest BCUT2D eigenvalue weighted by molar-refractivity contribution is -0.131. The van der Waals surface area contributed by atoms with Crippen molar-refractivity contribution in [3.63, 3.8) is 0 Å². The third-order valence-electron chi connectivity index (χ3n) is 7.45. The monoisotopic (exact) mass is 504 g/mol. The summed E-state index contributed by atoms with van der Waals surface area (Å²) in [6.07, 6.45) is 4.84. The summed E-state index contributed by atoms with van der Waals surface area (Å²) in [4.78, 5) is 30.5. The fraction of sp³-hybridized carbons (Fsp3) is 0.448. The fourth-order valence-electron chi connectivity index (χ4n) is 4.99. The summed E-state index contributed by atoms with van der Waals surface area (Å²) in [5, 5.41) is 7.70. The number of anilines is 1. The van der Waals surface area contributed by atoms with E-state index in [0.29, 0.717) is 43.6 Å². The van der Waals surface area contributed by atoms with Gasteiger partial charge in [-0.2, -0.15) is 0 Å². The van der Waals surface area contributed by atoms with Crippen LogP contribution in [0.3, 0.4) is 0 Å². The molecule has 1 saturated carbocycles. The van der Waals surface area contributed by atoms with Crippen LogP contribution >= 0.6 is 11.8 Å². The van der Waals surface area contributed by atoms with Crippen molar-refractivity contribution >= 4 is 29.3 Å². The van der Waals surface area contributed by atoms with Crippen LogP contribution in [-0.4, -0.2) is 53.6 Å². The molecule has 6 nitrogen and oxygen atoms in total. The van der Waals surface area contributed by atoms with E-state index in [9.17, 15) is 9.59 Å². The zero-order valence-electron chi connectivity index (χ0n) is 21.0. The van der Waals surface area contributed by atoms with Crippen LogP contribution in [0.2, 0.25) is 0 Å². The summed E-state index contributed by atoms with van der Waals surface area (Å²) in [5.74, 6) is 0.523. The second-order valence-electron chi connectivity index (χ2n) is 9.98. The fourth-order valence-corrected chi connectivity index (χ4v) is 6.51. The van der Waals surface area contributed by atoms with E-state index in [1.165, 1.54) is 24.8 Å². The molecule has 7 heteroatoms. The topological polar surface area (TPSA) is 64.7 Å². The molecule has 3 aliphatic rings. The van der Waals surface area contributed by atoms with Crippen LogP contribution in [0.1, 0.15) is 50.5 Å². The molecule has 2 aliphatic heterocycles. The Morgan fingerprint density at radius 3 is 2.53 bits per heavy atom. The number of hydrogen-bond acceptors (Lipinski definition) is 5. The number of benzene rings is 2. The van der Waals surface area contributed by atoms with Crippen molar-refractivity contribution in [3.05, 3.63) is 77.5 Å². The first kappa shape index (κ1) is 24.9. The molecule has 5 rings (SSSR count). The lowest BCUT2D eigenvalue weighted by Crippen LogP contribution is -2.56. The Hall–Kier alpha value is -2.77. The number of para-hydroxylation sites is 1. The molecule has 2 aromatic carbocycles. The van der Waals surface area contributed by atoms with Crippen molar-refractivity contribution in [2.24, 2.45) is 0 Å². The number of rotatable bonds is 9. The zero-order valence-corrected chi connectivity index (χ0v) is 21.8. The lowest BCUT2D eigenvalue weighted by atomic mass is 10.00. The Labute approximate surface area is 218 Å². The van der Waals surface area contributed by atoms with E-state index in [4.69, 9.17) is 0 Å². The molecule has 2 atom stereocenters. The predicted octanol–water partition coefficient (Wildman–Crippen LogP) is 4.46. The number of thioether (sulfide) groups is 1. The highest BCUT2D eigenvalue weighted by Crippen LogP contribution is 2.39. The minimum absolute atomic E-state index is 0.0269. The SMILES string of the molecule is C[C@H](CNCCC(=O)N1CCC2=C(C1)C(=O)N(c1ccccc1)C(SC1CCC1)N2)c1ccccc1. The number of nitrogens with one attached hydrogen (secondary N) is 2. The second-order valence-corrected chi connectivity index (χ2v) is 11.4. The molecule has 0 radical (unpaired) electrons. The second kappa shape index (κ2) is 11.5. The Balaban J connectivity index is 1.19. The van der Waals surface area contributed by atoms with Crippen LogP contribution in [-0.2, 0) is 9.59 Å². The molecule has 2 heterocycles. The highest BCUT2D eigenvalue weighted by atomic mass is 32.2. The Morgan fingerprint density at radius 2 is 1.83 bits per heavy atom. The smallest absolute Gasteiger partial charge is 0.260 e. The van der Waals surface area contributed by atoms with Gasteiger partial charge in [0.05, 0.1) is 12.1 Å². The summed E-state index contributed by atoms with van der Waals surface area (Å²) < 4.78 is 0. The van der Waals surface area contributed by atoms with Crippen molar-refractivity contribution in [2.45, 2.75) is 55.7 Å².